The third-order valence-electron chi connectivity index (χ3n) is 4.69. The molecule has 0 spiro atoms. The number of hydrogen-bond acceptors (Lipinski definition) is 7. The molecule has 4 aromatic rings. The largest absolute Gasteiger partial charge is 0.573 e. The molecule has 4 rings (SSSR count). The van der Waals surface area contributed by atoms with Gasteiger partial charge in [-0.1, -0.05) is 12.1 Å². The molecule has 0 aliphatic heterocycles. The highest BCUT2D eigenvalue weighted by Gasteiger charge is 2.33. The summed E-state index contributed by atoms with van der Waals surface area (Å²) in [5.41, 5.74) is -0.0160. The third-order valence-corrected chi connectivity index (χ3v) is 5.49. The van der Waals surface area contributed by atoms with Gasteiger partial charge in [-0.05, 0) is 37.6 Å². The first-order chi connectivity index (χ1) is 15.5. The molecule has 0 radical (unpaired) electrons. The summed E-state index contributed by atoms with van der Waals surface area (Å²) in [6.45, 7) is 2.96. The van der Waals surface area contributed by atoms with Gasteiger partial charge in [-0.3, -0.25) is 4.79 Å². The summed E-state index contributed by atoms with van der Waals surface area (Å²) < 4.78 is 42.6. The Kier molecular flexibility index (Phi) is 5.80. The minimum Gasteiger partial charge on any atom is -0.406 e. The Balaban J connectivity index is 1.62. The normalized spacial score (nSPS) is 13.2. The average molecular weight is 477 g/mol. The summed E-state index contributed by atoms with van der Waals surface area (Å²) in [6, 6.07) is 5.71. The summed E-state index contributed by atoms with van der Waals surface area (Å²) in [5.74, 6) is -0.967. The highest BCUT2D eigenvalue weighted by atomic mass is 32.1. The van der Waals surface area contributed by atoms with Gasteiger partial charge in [0.2, 0.25) is 0 Å². The van der Waals surface area contributed by atoms with E-state index in [4.69, 9.17) is 0 Å². The second-order valence-corrected chi connectivity index (χ2v) is 8.55. The molecule has 1 amide bonds. The maximum absolute atomic E-state index is 13.1. The van der Waals surface area contributed by atoms with Crippen LogP contribution < -0.4 is 10.1 Å². The topological polar surface area (TPSA) is 102 Å². The van der Waals surface area contributed by atoms with Crippen molar-refractivity contribution in [2.75, 3.05) is 0 Å². The number of nitrogens with one attached hydrogen (secondary N) is 1. The van der Waals surface area contributed by atoms with Gasteiger partial charge < -0.3 is 15.2 Å². The van der Waals surface area contributed by atoms with Crippen LogP contribution in [-0.2, 0) is 0 Å². The van der Waals surface area contributed by atoms with E-state index in [-0.39, 0.29) is 5.56 Å². The molecule has 33 heavy (non-hydrogen) atoms. The molecule has 1 aromatic carbocycles. The van der Waals surface area contributed by atoms with Gasteiger partial charge in [0.15, 0.2) is 5.65 Å². The summed E-state index contributed by atoms with van der Waals surface area (Å²) in [4.78, 5) is 21.8. The number of amides is 1. The summed E-state index contributed by atoms with van der Waals surface area (Å²) >= 11 is 1.40. The Morgan fingerprint density at radius 3 is 2.55 bits per heavy atom. The number of carbonyl (C=O) groups excluding carboxylic acids is 1. The van der Waals surface area contributed by atoms with Crippen LogP contribution in [0.1, 0.15) is 35.8 Å². The summed E-state index contributed by atoms with van der Waals surface area (Å²) in [7, 11) is 0. The molecule has 172 valence electrons. The Morgan fingerprint density at radius 2 is 1.94 bits per heavy atom. The third kappa shape index (κ3) is 5.12. The van der Waals surface area contributed by atoms with Crippen LogP contribution in [0.2, 0.25) is 0 Å². The first-order valence-electron chi connectivity index (χ1n) is 9.64. The number of alkyl halides is 3. The number of ether oxygens (including phenoxy) is 1. The molecule has 3 aromatic heterocycles. The SMILES string of the molecule is CC(C)(O)[C@@H](NC(=O)c1cnn2ccc(-c3nccs3)nc12)c1ccc(OC(F)(F)F)cc1. The predicted octanol–water partition coefficient (Wildman–Crippen LogP) is 3.99. The lowest BCUT2D eigenvalue weighted by atomic mass is 9.91. The lowest BCUT2D eigenvalue weighted by Gasteiger charge is -2.30. The van der Waals surface area contributed by atoms with Crippen LogP contribution in [0, 0.1) is 0 Å². The average Bonchev–Trinajstić information content (AvgIpc) is 3.40. The maximum atomic E-state index is 13.1. The van der Waals surface area contributed by atoms with Crippen LogP contribution in [0.5, 0.6) is 5.75 Å². The number of benzene rings is 1. The monoisotopic (exact) mass is 477 g/mol. The smallest absolute Gasteiger partial charge is 0.406 e. The fourth-order valence-electron chi connectivity index (χ4n) is 3.24. The van der Waals surface area contributed by atoms with Crippen LogP contribution in [0.4, 0.5) is 13.2 Å². The van der Waals surface area contributed by atoms with Crippen molar-refractivity contribution in [1.29, 1.82) is 0 Å². The fraction of sp³-hybridized carbons (Fsp3) is 0.238. The Labute approximate surface area is 189 Å². The van der Waals surface area contributed by atoms with Crippen molar-refractivity contribution in [1.82, 2.24) is 24.9 Å². The molecule has 0 bridgehead atoms. The number of halogens is 3. The molecule has 3 heterocycles. The molecule has 12 heteroatoms. The molecule has 0 aliphatic rings. The summed E-state index contributed by atoms with van der Waals surface area (Å²) in [6.07, 6.45) is -0.165. The molecule has 0 unspecified atom stereocenters. The number of fused-ring (bicyclic) bond motifs is 1. The predicted molar refractivity (Wildman–Crippen MR) is 114 cm³/mol. The molecule has 1 atom stereocenters. The molecular formula is C21H18F3N5O3S. The second kappa shape index (κ2) is 8.45. The standard InChI is InChI=1S/C21H18F3N5O3S/c1-20(2,31)16(12-3-5-13(6-4-12)32-21(22,23)24)28-18(30)14-11-26-29-9-7-15(27-17(14)29)19-25-8-10-33-19/h3-11,16,31H,1-2H3,(H,28,30)/t16-/m0/s1. The number of aliphatic hydroxyl groups is 1. The van der Waals surface area contributed by atoms with E-state index in [2.05, 4.69) is 25.1 Å². The Morgan fingerprint density at radius 1 is 1.21 bits per heavy atom. The van der Waals surface area contributed by atoms with Gasteiger partial charge in [0.05, 0.1) is 17.8 Å². The van der Waals surface area contributed by atoms with Crippen molar-refractivity contribution in [2.24, 2.45) is 0 Å². The fourth-order valence-corrected chi connectivity index (χ4v) is 3.84. The highest BCUT2D eigenvalue weighted by molar-refractivity contribution is 7.13. The lowest BCUT2D eigenvalue weighted by Crippen LogP contribution is -2.42. The molecule has 0 saturated carbocycles. The molecular weight excluding hydrogens is 459 g/mol. The van der Waals surface area contributed by atoms with Crippen LogP contribution >= 0.6 is 11.3 Å². The van der Waals surface area contributed by atoms with E-state index in [0.29, 0.717) is 21.9 Å². The van der Waals surface area contributed by atoms with Gasteiger partial charge in [-0.25, -0.2) is 14.5 Å². The zero-order valence-electron chi connectivity index (χ0n) is 17.4. The van der Waals surface area contributed by atoms with Crippen molar-refractivity contribution in [2.45, 2.75) is 31.9 Å². The highest BCUT2D eigenvalue weighted by Crippen LogP contribution is 2.30. The Hall–Kier alpha value is -3.51. The van der Waals surface area contributed by atoms with Crippen molar-refractivity contribution >= 4 is 22.9 Å². The van der Waals surface area contributed by atoms with Gasteiger partial charge in [0, 0.05) is 17.8 Å². The van der Waals surface area contributed by atoms with Crippen LogP contribution in [0.3, 0.4) is 0 Å². The van der Waals surface area contributed by atoms with Crippen LogP contribution in [0.25, 0.3) is 16.3 Å². The molecule has 2 N–H and O–H groups in total. The second-order valence-electron chi connectivity index (χ2n) is 7.65. The van der Waals surface area contributed by atoms with Gasteiger partial charge in [-0.15, -0.1) is 24.5 Å². The van der Waals surface area contributed by atoms with E-state index < -0.39 is 29.7 Å². The molecule has 0 aliphatic carbocycles. The van der Waals surface area contributed by atoms with Crippen LogP contribution in [-0.4, -0.2) is 42.6 Å². The maximum Gasteiger partial charge on any atom is 0.573 e. The number of thiazole rings is 1. The van der Waals surface area contributed by atoms with Crippen molar-refractivity contribution in [3.05, 3.63) is 65.4 Å². The summed E-state index contributed by atoms with van der Waals surface area (Å²) in [5, 5.41) is 20.0. The number of hydrogen-bond donors (Lipinski definition) is 2. The van der Waals surface area contributed by atoms with Crippen molar-refractivity contribution in [3.8, 4) is 16.5 Å². The van der Waals surface area contributed by atoms with Gasteiger partial charge in [-0.2, -0.15) is 5.10 Å². The van der Waals surface area contributed by atoms with E-state index in [9.17, 15) is 23.1 Å². The number of aromatic nitrogens is 4. The Bertz CT molecular complexity index is 1270. The molecule has 0 fully saturated rings. The van der Waals surface area contributed by atoms with Crippen LogP contribution in [0.15, 0.2) is 54.3 Å². The minimum atomic E-state index is -4.82. The number of rotatable bonds is 6. The molecule has 0 saturated heterocycles. The zero-order chi connectivity index (χ0) is 23.8. The minimum absolute atomic E-state index is 0.166. The lowest BCUT2D eigenvalue weighted by molar-refractivity contribution is -0.274. The van der Waals surface area contributed by atoms with E-state index in [1.165, 1.54) is 48.0 Å². The number of carbonyl (C=O) groups is 1. The van der Waals surface area contributed by atoms with Crippen molar-refractivity contribution < 1.29 is 27.8 Å². The quantitative estimate of drug-likeness (QED) is 0.436. The van der Waals surface area contributed by atoms with Gasteiger partial charge >= 0.3 is 6.36 Å². The van der Waals surface area contributed by atoms with Gasteiger partial charge in [0.25, 0.3) is 5.91 Å². The zero-order valence-corrected chi connectivity index (χ0v) is 18.2. The first-order valence-corrected chi connectivity index (χ1v) is 10.5. The van der Waals surface area contributed by atoms with E-state index in [1.54, 1.807) is 18.5 Å². The van der Waals surface area contributed by atoms with Gasteiger partial charge in [0.1, 0.15) is 22.0 Å². The van der Waals surface area contributed by atoms with E-state index in [0.717, 1.165) is 12.1 Å². The van der Waals surface area contributed by atoms with E-state index in [1.807, 2.05) is 5.38 Å². The number of nitrogens with zero attached hydrogens (tertiary/aromatic N) is 4. The van der Waals surface area contributed by atoms with Crippen molar-refractivity contribution in [3.63, 3.8) is 0 Å². The molecule has 8 nitrogen and oxygen atoms in total. The van der Waals surface area contributed by atoms with E-state index >= 15 is 0 Å². The first kappa shape index (κ1) is 22.7.